The summed E-state index contributed by atoms with van der Waals surface area (Å²) in [5, 5.41) is 14.6. The van der Waals surface area contributed by atoms with Gasteiger partial charge in [-0.2, -0.15) is 13.2 Å². The molecular formula is C17H22F3NO. The van der Waals surface area contributed by atoms with E-state index in [9.17, 15) is 18.3 Å². The molecule has 5 heteroatoms. The van der Waals surface area contributed by atoms with E-state index in [0.29, 0.717) is 24.3 Å². The maximum absolute atomic E-state index is 12.7. The lowest BCUT2D eigenvalue weighted by atomic mass is 9.70. The van der Waals surface area contributed by atoms with Crippen molar-refractivity contribution < 1.29 is 18.3 Å². The molecule has 3 atom stereocenters. The maximum Gasteiger partial charge on any atom is 0.416 e. The van der Waals surface area contributed by atoms with E-state index < -0.39 is 17.3 Å². The minimum atomic E-state index is -4.34. The molecule has 2 aliphatic rings. The van der Waals surface area contributed by atoms with Crippen LogP contribution in [0.1, 0.15) is 50.2 Å². The van der Waals surface area contributed by atoms with Crippen LogP contribution in [-0.4, -0.2) is 17.2 Å². The molecule has 1 aliphatic carbocycles. The molecule has 1 aliphatic heterocycles. The molecule has 0 bridgehead atoms. The van der Waals surface area contributed by atoms with Crippen LogP contribution in [0.15, 0.2) is 24.3 Å². The molecule has 1 saturated heterocycles. The highest BCUT2D eigenvalue weighted by Gasteiger charge is 2.42. The summed E-state index contributed by atoms with van der Waals surface area (Å²) in [5.74, 6) is 0.587. The number of alkyl halides is 3. The van der Waals surface area contributed by atoms with Gasteiger partial charge in [0, 0.05) is 12.1 Å². The summed E-state index contributed by atoms with van der Waals surface area (Å²) in [5.41, 5.74) is -1.11. The third-order valence-electron chi connectivity index (χ3n) is 5.17. The zero-order valence-electron chi connectivity index (χ0n) is 12.7. The van der Waals surface area contributed by atoms with Crippen LogP contribution in [0.25, 0.3) is 0 Å². The Labute approximate surface area is 128 Å². The van der Waals surface area contributed by atoms with Crippen molar-refractivity contribution >= 4 is 0 Å². The second-order valence-corrected chi connectivity index (χ2v) is 6.88. The van der Waals surface area contributed by atoms with Crippen LogP contribution in [0.4, 0.5) is 13.2 Å². The van der Waals surface area contributed by atoms with Crippen molar-refractivity contribution in [3.8, 4) is 0 Å². The first kappa shape index (κ1) is 15.8. The predicted octanol–water partition coefficient (Wildman–Crippen LogP) is 3.83. The second kappa shape index (κ2) is 5.53. The SMILES string of the molecule is CC1CC(O)(c2ccc(C(F)(F)F)cc2)CC(C2CCC2)N1. The molecule has 3 rings (SSSR count). The second-order valence-electron chi connectivity index (χ2n) is 6.88. The molecule has 122 valence electrons. The van der Waals surface area contributed by atoms with Gasteiger partial charge in [0.1, 0.15) is 0 Å². The molecule has 1 saturated carbocycles. The fourth-order valence-electron chi connectivity index (χ4n) is 3.79. The largest absolute Gasteiger partial charge is 0.416 e. The van der Waals surface area contributed by atoms with Gasteiger partial charge in [0.25, 0.3) is 0 Å². The standard InChI is InChI=1S/C17H22F3NO/c1-11-9-16(22,10-15(21-11)12-3-2-4-12)13-5-7-14(8-6-13)17(18,19)20/h5-8,11-12,15,21-22H,2-4,9-10H2,1H3. The zero-order valence-corrected chi connectivity index (χ0v) is 12.7. The number of hydrogen-bond acceptors (Lipinski definition) is 2. The molecule has 2 nitrogen and oxygen atoms in total. The average molecular weight is 313 g/mol. The van der Waals surface area contributed by atoms with Gasteiger partial charge in [-0.1, -0.05) is 18.6 Å². The van der Waals surface area contributed by atoms with Crippen LogP contribution in [0, 0.1) is 5.92 Å². The Morgan fingerprint density at radius 2 is 1.77 bits per heavy atom. The predicted molar refractivity (Wildman–Crippen MR) is 78.3 cm³/mol. The van der Waals surface area contributed by atoms with Crippen molar-refractivity contribution in [1.82, 2.24) is 5.32 Å². The van der Waals surface area contributed by atoms with E-state index in [1.807, 2.05) is 6.92 Å². The van der Waals surface area contributed by atoms with Crippen LogP contribution < -0.4 is 5.32 Å². The van der Waals surface area contributed by atoms with E-state index in [-0.39, 0.29) is 12.1 Å². The van der Waals surface area contributed by atoms with Gasteiger partial charge in [0.15, 0.2) is 0 Å². The van der Waals surface area contributed by atoms with Gasteiger partial charge in [-0.25, -0.2) is 0 Å². The molecule has 0 aromatic heterocycles. The molecule has 22 heavy (non-hydrogen) atoms. The van der Waals surface area contributed by atoms with E-state index in [1.165, 1.54) is 31.4 Å². The van der Waals surface area contributed by atoms with E-state index >= 15 is 0 Å². The first-order chi connectivity index (χ1) is 10.3. The average Bonchev–Trinajstić information content (AvgIpc) is 2.34. The van der Waals surface area contributed by atoms with Gasteiger partial charge in [0.05, 0.1) is 11.2 Å². The topological polar surface area (TPSA) is 32.3 Å². The Morgan fingerprint density at radius 1 is 1.14 bits per heavy atom. The van der Waals surface area contributed by atoms with Crippen molar-refractivity contribution in [2.75, 3.05) is 0 Å². The highest BCUT2D eigenvalue weighted by molar-refractivity contribution is 5.30. The molecule has 0 amide bonds. The minimum Gasteiger partial charge on any atom is -0.385 e. The molecule has 2 fully saturated rings. The lowest BCUT2D eigenvalue weighted by molar-refractivity contribution is -0.137. The molecule has 1 aromatic rings. The van der Waals surface area contributed by atoms with Gasteiger partial charge in [0.2, 0.25) is 0 Å². The fourth-order valence-corrected chi connectivity index (χ4v) is 3.79. The Balaban J connectivity index is 1.81. The number of aliphatic hydroxyl groups is 1. The van der Waals surface area contributed by atoms with Gasteiger partial charge in [-0.15, -0.1) is 0 Å². The van der Waals surface area contributed by atoms with Gasteiger partial charge in [-0.3, -0.25) is 0 Å². The maximum atomic E-state index is 12.7. The summed E-state index contributed by atoms with van der Waals surface area (Å²) in [7, 11) is 0. The van der Waals surface area contributed by atoms with Crippen LogP contribution in [0.5, 0.6) is 0 Å². The molecule has 3 unspecified atom stereocenters. The monoisotopic (exact) mass is 313 g/mol. The third-order valence-corrected chi connectivity index (χ3v) is 5.17. The van der Waals surface area contributed by atoms with E-state index in [1.54, 1.807) is 0 Å². The molecule has 2 N–H and O–H groups in total. The Morgan fingerprint density at radius 3 is 2.27 bits per heavy atom. The molecule has 1 aromatic carbocycles. The summed E-state index contributed by atoms with van der Waals surface area (Å²) >= 11 is 0. The minimum absolute atomic E-state index is 0.159. The van der Waals surface area contributed by atoms with Crippen molar-refractivity contribution in [3.63, 3.8) is 0 Å². The Kier molecular flexibility index (Phi) is 3.98. The Bertz CT molecular complexity index is 524. The van der Waals surface area contributed by atoms with Crippen molar-refractivity contribution in [2.24, 2.45) is 5.92 Å². The zero-order chi connectivity index (χ0) is 16.0. The highest BCUT2D eigenvalue weighted by atomic mass is 19.4. The summed E-state index contributed by atoms with van der Waals surface area (Å²) < 4.78 is 38.0. The summed E-state index contributed by atoms with van der Waals surface area (Å²) in [6.07, 6.45) is 0.350. The molecule has 0 spiro atoms. The Hall–Kier alpha value is -1.07. The summed E-state index contributed by atoms with van der Waals surface area (Å²) in [4.78, 5) is 0. The summed E-state index contributed by atoms with van der Waals surface area (Å²) in [6, 6.07) is 5.41. The number of rotatable bonds is 2. The number of benzene rings is 1. The number of nitrogens with one attached hydrogen (secondary N) is 1. The molecule has 0 radical (unpaired) electrons. The quantitative estimate of drug-likeness (QED) is 0.869. The van der Waals surface area contributed by atoms with Crippen LogP contribution >= 0.6 is 0 Å². The number of hydrogen-bond donors (Lipinski definition) is 2. The first-order valence-electron chi connectivity index (χ1n) is 7.94. The van der Waals surface area contributed by atoms with Crippen molar-refractivity contribution in [2.45, 2.75) is 62.9 Å². The van der Waals surface area contributed by atoms with Crippen molar-refractivity contribution in [3.05, 3.63) is 35.4 Å². The van der Waals surface area contributed by atoms with E-state index in [2.05, 4.69) is 5.32 Å². The van der Waals surface area contributed by atoms with Crippen LogP contribution in [0.3, 0.4) is 0 Å². The molecule has 1 heterocycles. The van der Waals surface area contributed by atoms with Gasteiger partial charge < -0.3 is 10.4 Å². The van der Waals surface area contributed by atoms with E-state index in [0.717, 1.165) is 12.1 Å². The van der Waals surface area contributed by atoms with Crippen molar-refractivity contribution in [1.29, 1.82) is 0 Å². The lowest BCUT2D eigenvalue weighted by Gasteiger charge is -2.46. The van der Waals surface area contributed by atoms with Gasteiger partial charge in [-0.05, 0) is 56.2 Å². The lowest BCUT2D eigenvalue weighted by Crippen LogP contribution is -2.54. The molecular weight excluding hydrogens is 291 g/mol. The third kappa shape index (κ3) is 3.01. The highest BCUT2D eigenvalue weighted by Crippen LogP contribution is 2.42. The van der Waals surface area contributed by atoms with E-state index in [4.69, 9.17) is 0 Å². The first-order valence-corrected chi connectivity index (χ1v) is 7.94. The van der Waals surface area contributed by atoms with Gasteiger partial charge >= 0.3 is 6.18 Å². The van der Waals surface area contributed by atoms with Crippen LogP contribution in [-0.2, 0) is 11.8 Å². The smallest absolute Gasteiger partial charge is 0.385 e. The normalized spacial score (nSPS) is 33.5. The fraction of sp³-hybridized carbons (Fsp3) is 0.647. The number of halogens is 3. The summed E-state index contributed by atoms with van der Waals surface area (Å²) in [6.45, 7) is 2.03. The number of piperidine rings is 1. The van der Waals surface area contributed by atoms with Crippen LogP contribution in [0.2, 0.25) is 0 Å².